The quantitative estimate of drug-likeness (QED) is 0.324. The van der Waals surface area contributed by atoms with E-state index < -0.39 is 35.9 Å². The number of halogens is 3. The predicted octanol–water partition coefficient (Wildman–Crippen LogP) is 2.99. The van der Waals surface area contributed by atoms with Crippen LogP contribution in [0.3, 0.4) is 0 Å². The summed E-state index contributed by atoms with van der Waals surface area (Å²) in [5.41, 5.74) is 13.6. The summed E-state index contributed by atoms with van der Waals surface area (Å²) >= 11 is 0. The standard InChI is InChI=1S/C23H22N4O3.C2HF3O2/c24-14-15-5-4-8-18(13-15)22(29)27-20(16-6-2-1-3-7-16)23(30)26-19-11-9-17(10-12-19)21(25)28;3-2(4,5)1(6)7/h1-13,20H,14,24H2,(H2,25,28)(H,26,30)(H,27,29);(H,6,7). The van der Waals surface area contributed by atoms with Gasteiger partial charge in [0.25, 0.3) is 11.8 Å². The number of amides is 3. The van der Waals surface area contributed by atoms with Gasteiger partial charge < -0.3 is 27.2 Å². The summed E-state index contributed by atoms with van der Waals surface area (Å²) in [5.74, 6) is -4.12. The Morgan fingerprint density at radius 2 is 1.46 bits per heavy atom. The monoisotopic (exact) mass is 516 g/mol. The summed E-state index contributed by atoms with van der Waals surface area (Å²) in [6.07, 6.45) is -5.08. The molecule has 12 heteroatoms. The zero-order valence-electron chi connectivity index (χ0n) is 19.2. The summed E-state index contributed by atoms with van der Waals surface area (Å²) in [7, 11) is 0. The molecule has 0 aromatic heterocycles. The molecule has 0 saturated carbocycles. The molecule has 9 nitrogen and oxygen atoms in total. The molecule has 37 heavy (non-hydrogen) atoms. The van der Waals surface area contributed by atoms with Crippen LogP contribution in [0, 0.1) is 0 Å². The molecule has 0 saturated heterocycles. The number of hydrogen-bond acceptors (Lipinski definition) is 5. The number of aliphatic carboxylic acids is 1. The number of nitrogens with two attached hydrogens (primary N) is 2. The molecule has 0 radical (unpaired) electrons. The molecule has 7 N–H and O–H groups in total. The Morgan fingerprint density at radius 1 is 0.865 bits per heavy atom. The van der Waals surface area contributed by atoms with Crippen LogP contribution in [0.15, 0.2) is 78.9 Å². The van der Waals surface area contributed by atoms with Gasteiger partial charge in [0, 0.05) is 23.4 Å². The van der Waals surface area contributed by atoms with E-state index in [1.807, 2.05) is 12.1 Å². The highest BCUT2D eigenvalue weighted by Gasteiger charge is 2.38. The van der Waals surface area contributed by atoms with Crippen LogP contribution in [0.5, 0.6) is 0 Å². The zero-order valence-corrected chi connectivity index (χ0v) is 19.2. The average molecular weight is 516 g/mol. The van der Waals surface area contributed by atoms with E-state index in [2.05, 4.69) is 10.6 Å². The maximum absolute atomic E-state index is 13.0. The molecule has 0 fully saturated rings. The van der Waals surface area contributed by atoms with Crippen molar-refractivity contribution in [2.24, 2.45) is 11.5 Å². The molecule has 3 aromatic rings. The summed E-state index contributed by atoms with van der Waals surface area (Å²) in [4.78, 5) is 45.9. The van der Waals surface area contributed by atoms with Gasteiger partial charge in [-0.1, -0.05) is 42.5 Å². The Balaban J connectivity index is 0.000000604. The van der Waals surface area contributed by atoms with Gasteiger partial charge in [-0.05, 0) is 47.5 Å². The fourth-order valence-corrected chi connectivity index (χ4v) is 2.93. The molecule has 0 spiro atoms. The molecule has 1 atom stereocenters. The zero-order chi connectivity index (χ0) is 27.6. The lowest BCUT2D eigenvalue weighted by Crippen LogP contribution is -2.37. The number of alkyl halides is 3. The largest absolute Gasteiger partial charge is 0.490 e. The third-order valence-corrected chi connectivity index (χ3v) is 4.77. The Hall–Kier alpha value is -4.71. The lowest BCUT2D eigenvalue weighted by molar-refractivity contribution is -0.192. The molecule has 0 aliphatic carbocycles. The van der Waals surface area contributed by atoms with Crippen molar-refractivity contribution in [3.8, 4) is 0 Å². The van der Waals surface area contributed by atoms with E-state index in [9.17, 15) is 27.6 Å². The average Bonchev–Trinajstić information content (AvgIpc) is 2.87. The van der Waals surface area contributed by atoms with E-state index in [-0.39, 0.29) is 0 Å². The normalized spacial score (nSPS) is 11.4. The van der Waals surface area contributed by atoms with Gasteiger partial charge in [-0.3, -0.25) is 14.4 Å². The second kappa shape index (κ2) is 12.8. The second-order valence-corrected chi connectivity index (χ2v) is 7.46. The number of rotatable bonds is 7. The first kappa shape index (κ1) is 28.5. The van der Waals surface area contributed by atoms with Crippen molar-refractivity contribution < 1.29 is 37.5 Å². The SMILES string of the molecule is NCc1cccc(C(=O)NC(C(=O)Nc2ccc(C(N)=O)cc2)c2ccccc2)c1.O=C(O)C(F)(F)F. The van der Waals surface area contributed by atoms with E-state index in [0.717, 1.165) is 5.56 Å². The van der Waals surface area contributed by atoms with Crippen LogP contribution >= 0.6 is 0 Å². The smallest absolute Gasteiger partial charge is 0.475 e. The van der Waals surface area contributed by atoms with Crippen molar-refractivity contribution in [3.63, 3.8) is 0 Å². The van der Waals surface area contributed by atoms with Gasteiger partial charge in [-0.15, -0.1) is 0 Å². The summed E-state index contributed by atoms with van der Waals surface area (Å²) < 4.78 is 31.7. The molecular weight excluding hydrogens is 493 g/mol. The van der Waals surface area contributed by atoms with Gasteiger partial charge in [-0.2, -0.15) is 13.2 Å². The first-order valence-corrected chi connectivity index (χ1v) is 10.6. The Bertz CT molecular complexity index is 1250. The number of carbonyl (C=O) groups is 4. The number of carboxylic acid groups (broad SMARTS) is 1. The highest BCUT2D eigenvalue weighted by Crippen LogP contribution is 2.18. The van der Waals surface area contributed by atoms with Crippen LogP contribution in [0.4, 0.5) is 18.9 Å². The van der Waals surface area contributed by atoms with Crippen molar-refractivity contribution in [2.75, 3.05) is 5.32 Å². The van der Waals surface area contributed by atoms with E-state index in [1.165, 1.54) is 12.1 Å². The van der Waals surface area contributed by atoms with E-state index in [0.29, 0.717) is 28.9 Å². The fourth-order valence-electron chi connectivity index (χ4n) is 2.93. The Kier molecular flexibility index (Phi) is 9.90. The number of hydrogen-bond donors (Lipinski definition) is 5. The molecule has 3 aromatic carbocycles. The van der Waals surface area contributed by atoms with Gasteiger partial charge in [-0.25, -0.2) is 4.79 Å². The fraction of sp³-hybridized carbons (Fsp3) is 0.120. The second-order valence-electron chi connectivity index (χ2n) is 7.46. The molecule has 1 unspecified atom stereocenters. The molecule has 0 bridgehead atoms. The minimum absolute atomic E-state index is 0.311. The number of carbonyl (C=O) groups excluding carboxylic acids is 3. The van der Waals surface area contributed by atoms with Gasteiger partial charge in [0.05, 0.1) is 0 Å². The van der Waals surface area contributed by atoms with Crippen molar-refractivity contribution in [1.82, 2.24) is 5.32 Å². The van der Waals surface area contributed by atoms with Crippen molar-refractivity contribution in [1.29, 1.82) is 0 Å². The molecule has 194 valence electrons. The van der Waals surface area contributed by atoms with Crippen LogP contribution in [-0.2, 0) is 16.1 Å². The first-order chi connectivity index (χ1) is 17.4. The van der Waals surface area contributed by atoms with Crippen molar-refractivity contribution >= 4 is 29.4 Å². The predicted molar refractivity (Wildman–Crippen MR) is 128 cm³/mol. The molecule has 0 aliphatic rings. The van der Waals surface area contributed by atoms with Crippen LogP contribution in [0.25, 0.3) is 0 Å². The summed E-state index contributed by atoms with van der Waals surface area (Å²) in [6, 6.07) is 21.1. The van der Waals surface area contributed by atoms with E-state index in [1.54, 1.807) is 54.6 Å². The molecule has 3 rings (SSSR count). The lowest BCUT2D eigenvalue weighted by atomic mass is 10.0. The third-order valence-electron chi connectivity index (χ3n) is 4.77. The molecular formula is C25H23F3N4O5. The van der Waals surface area contributed by atoms with Gasteiger partial charge in [0.15, 0.2) is 0 Å². The van der Waals surface area contributed by atoms with Crippen LogP contribution in [0.1, 0.15) is 37.9 Å². The number of nitrogens with one attached hydrogen (secondary N) is 2. The maximum atomic E-state index is 13.0. The van der Waals surface area contributed by atoms with Crippen LogP contribution in [-0.4, -0.2) is 35.0 Å². The third kappa shape index (κ3) is 8.78. The number of anilines is 1. The van der Waals surface area contributed by atoms with Crippen LogP contribution < -0.4 is 22.1 Å². The summed E-state index contributed by atoms with van der Waals surface area (Å²) in [6.45, 7) is 0.311. The Morgan fingerprint density at radius 3 is 1.97 bits per heavy atom. The van der Waals surface area contributed by atoms with E-state index in [4.69, 9.17) is 21.4 Å². The highest BCUT2D eigenvalue weighted by molar-refractivity contribution is 6.02. The highest BCUT2D eigenvalue weighted by atomic mass is 19.4. The van der Waals surface area contributed by atoms with E-state index >= 15 is 0 Å². The maximum Gasteiger partial charge on any atom is 0.490 e. The first-order valence-electron chi connectivity index (χ1n) is 10.6. The number of primary amides is 1. The molecule has 0 aliphatic heterocycles. The van der Waals surface area contributed by atoms with Crippen molar-refractivity contribution in [2.45, 2.75) is 18.8 Å². The Labute approximate surface area is 209 Å². The van der Waals surface area contributed by atoms with Crippen LogP contribution in [0.2, 0.25) is 0 Å². The van der Waals surface area contributed by atoms with Gasteiger partial charge in [0.1, 0.15) is 6.04 Å². The van der Waals surface area contributed by atoms with Crippen molar-refractivity contribution in [3.05, 3.63) is 101 Å². The lowest BCUT2D eigenvalue weighted by Gasteiger charge is -2.19. The minimum atomic E-state index is -5.08. The van der Waals surface area contributed by atoms with Gasteiger partial charge >= 0.3 is 12.1 Å². The van der Waals surface area contributed by atoms with Gasteiger partial charge in [0.2, 0.25) is 5.91 Å². The topological polar surface area (TPSA) is 165 Å². The molecule has 3 amide bonds. The molecule has 0 heterocycles. The number of carboxylic acids is 1. The minimum Gasteiger partial charge on any atom is -0.475 e. The summed E-state index contributed by atoms with van der Waals surface area (Å²) in [5, 5.41) is 12.7. The number of benzene rings is 3.